The zero-order valence-electron chi connectivity index (χ0n) is 10.6. The summed E-state index contributed by atoms with van der Waals surface area (Å²) in [5.74, 6) is -0.990. The van der Waals surface area contributed by atoms with E-state index < -0.39 is 23.3 Å². The molecule has 1 rings (SSSR count). The van der Waals surface area contributed by atoms with Gasteiger partial charge in [-0.2, -0.15) is 13.2 Å². The van der Waals surface area contributed by atoms with Gasteiger partial charge in [-0.25, -0.2) is 4.79 Å². The topological polar surface area (TPSA) is 26.3 Å². The van der Waals surface area contributed by atoms with E-state index in [0.717, 1.165) is 19.2 Å². The van der Waals surface area contributed by atoms with Crippen LogP contribution in [0.2, 0.25) is 0 Å². The van der Waals surface area contributed by atoms with Crippen LogP contribution >= 0.6 is 0 Å². The molecule has 0 aliphatic carbocycles. The smallest absolute Gasteiger partial charge is 0.417 e. The largest absolute Gasteiger partial charge is 0.465 e. The van der Waals surface area contributed by atoms with Gasteiger partial charge in [0, 0.05) is 6.07 Å². The fourth-order valence-corrected chi connectivity index (χ4v) is 1.47. The molecule has 6 heteroatoms. The van der Waals surface area contributed by atoms with Crippen LogP contribution in [0.25, 0.3) is 0 Å². The predicted octanol–water partition coefficient (Wildman–Crippen LogP) is 2.69. The lowest BCUT2D eigenvalue weighted by atomic mass is 10.1. The van der Waals surface area contributed by atoms with E-state index in [9.17, 15) is 18.0 Å². The van der Waals surface area contributed by atoms with Crippen molar-refractivity contribution in [1.82, 2.24) is 4.48 Å². The second-order valence-electron chi connectivity index (χ2n) is 4.73. The third kappa shape index (κ3) is 3.01. The third-order valence-corrected chi connectivity index (χ3v) is 2.49. The van der Waals surface area contributed by atoms with E-state index in [1.165, 1.54) is 6.07 Å². The molecular formula is C12H15F3NO2+. The van der Waals surface area contributed by atoms with Gasteiger partial charge in [0.15, 0.2) is 0 Å². The summed E-state index contributed by atoms with van der Waals surface area (Å²) >= 11 is 0. The first-order chi connectivity index (χ1) is 8.07. The summed E-state index contributed by atoms with van der Waals surface area (Å²) in [7, 11) is 6.28. The summed E-state index contributed by atoms with van der Waals surface area (Å²) in [6.45, 7) is 0. The third-order valence-electron chi connectivity index (χ3n) is 2.49. The van der Waals surface area contributed by atoms with E-state index in [2.05, 4.69) is 4.74 Å². The number of carbonyl (C=O) groups excluding carboxylic acids is 1. The summed E-state index contributed by atoms with van der Waals surface area (Å²) in [5, 5.41) is 0. The van der Waals surface area contributed by atoms with Crippen molar-refractivity contribution >= 4 is 11.7 Å². The number of quaternary nitrogens is 1. The SMILES string of the molecule is COC(=O)c1ccc([N+](C)(C)C)cc1C(F)(F)F. The van der Waals surface area contributed by atoms with Crippen molar-refractivity contribution in [3.8, 4) is 0 Å². The minimum Gasteiger partial charge on any atom is -0.465 e. The number of rotatable bonds is 2. The normalized spacial score (nSPS) is 12.4. The second kappa shape index (κ2) is 4.61. The number of benzene rings is 1. The van der Waals surface area contributed by atoms with Gasteiger partial charge in [-0.05, 0) is 12.1 Å². The average molecular weight is 262 g/mol. The summed E-state index contributed by atoms with van der Waals surface area (Å²) in [6.07, 6.45) is -4.59. The van der Waals surface area contributed by atoms with E-state index in [-0.39, 0.29) is 4.48 Å². The molecule has 0 saturated carbocycles. The molecule has 100 valence electrons. The number of halogens is 3. The molecule has 0 aromatic heterocycles. The molecule has 0 fully saturated rings. The van der Waals surface area contributed by atoms with Gasteiger partial charge in [0.2, 0.25) is 0 Å². The maximum Gasteiger partial charge on any atom is 0.417 e. The Hall–Kier alpha value is -1.56. The van der Waals surface area contributed by atoms with Crippen LogP contribution in [0.3, 0.4) is 0 Å². The average Bonchev–Trinajstić information content (AvgIpc) is 2.24. The molecule has 0 N–H and O–H groups in total. The zero-order chi connectivity index (χ0) is 14.1. The molecule has 0 heterocycles. The lowest BCUT2D eigenvalue weighted by molar-refractivity contribution is -0.138. The van der Waals surface area contributed by atoms with E-state index >= 15 is 0 Å². The fraction of sp³-hybridized carbons (Fsp3) is 0.417. The number of carbonyl (C=O) groups is 1. The van der Waals surface area contributed by atoms with Crippen LogP contribution in [-0.4, -0.2) is 34.2 Å². The lowest BCUT2D eigenvalue weighted by Gasteiger charge is -2.24. The second-order valence-corrected chi connectivity index (χ2v) is 4.73. The molecule has 18 heavy (non-hydrogen) atoms. The molecule has 0 saturated heterocycles. The number of methoxy groups -OCH3 is 1. The van der Waals surface area contributed by atoms with E-state index in [1.54, 1.807) is 21.1 Å². The monoisotopic (exact) mass is 262 g/mol. The highest BCUT2D eigenvalue weighted by Crippen LogP contribution is 2.35. The van der Waals surface area contributed by atoms with Crippen molar-refractivity contribution in [2.45, 2.75) is 6.18 Å². The van der Waals surface area contributed by atoms with Crippen LogP contribution in [-0.2, 0) is 10.9 Å². The molecule has 3 nitrogen and oxygen atoms in total. The molecule has 0 amide bonds. The number of hydrogen-bond acceptors (Lipinski definition) is 2. The van der Waals surface area contributed by atoms with Crippen LogP contribution in [0.15, 0.2) is 18.2 Å². The Balaban J connectivity index is 3.44. The van der Waals surface area contributed by atoms with Gasteiger partial charge in [0.05, 0.1) is 39.4 Å². The van der Waals surface area contributed by atoms with Gasteiger partial charge in [-0.3, -0.25) is 4.48 Å². The first kappa shape index (κ1) is 14.5. The van der Waals surface area contributed by atoms with Gasteiger partial charge >= 0.3 is 12.1 Å². The Kier molecular flexibility index (Phi) is 3.71. The van der Waals surface area contributed by atoms with Crippen molar-refractivity contribution in [2.24, 2.45) is 0 Å². The highest BCUT2D eigenvalue weighted by molar-refractivity contribution is 5.91. The van der Waals surface area contributed by atoms with Crippen LogP contribution in [0, 0.1) is 0 Å². The van der Waals surface area contributed by atoms with E-state index in [1.807, 2.05) is 0 Å². The van der Waals surface area contributed by atoms with Gasteiger partial charge in [-0.1, -0.05) is 0 Å². The first-order valence-electron chi connectivity index (χ1n) is 5.19. The maximum absolute atomic E-state index is 12.9. The molecule has 0 aliphatic rings. The Morgan fingerprint density at radius 3 is 2.17 bits per heavy atom. The molecule has 0 aliphatic heterocycles. The zero-order valence-corrected chi connectivity index (χ0v) is 10.6. The van der Waals surface area contributed by atoms with Crippen LogP contribution < -0.4 is 4.48 Å². The van der Waals surface area contributed by atoms with Crippen molar-refractivity contribution in [2.75, 3.05) is 28.3 Å². The molecule has 0 atom stereocenters. The highest BCUT2D eigenvalue weighted by Gasteiger charge is 2.37. The Bertz CT molecular complexity index is 461. The summed E-state index contributed by atoms with van der Waals surface area (Å²) < 4.78 is 43.3. The minimum absolute atomic E-state index is 0.227. The molecule has 0 spiro atoms. The Morgan fingerprint density at radius 1 is 1.22 bits per heavy atom. The molecule has 1 aromatic rings. The Labute approximate surface area is 103 Å². The summed E-state index contributed by atoms with van der Waals surface area (Å²) in [4.78, 5) is 11.3. The standard InChI is InChI=1S/C12H15F3NO2/c1-16(2,3)8-5-6-9(11(17)18-4)10(7-8)12(13,14)15/h5-7H,1-4H3/q+1. The van der Waals surface area contributed by atoms with Crippen molar-refractivity contribution in [3.63, 3.8) is 0 Å². The molecule has 0 bridgehead atoms. The van der Waals surface area contributed by atoms with Crippen LogP contribution in [0.1, 0.15) is 15.9 Å². The minimum atomic E-state index is -4.59. The summed E-state index contributed by atoms with van der Waals surface area (Å²) in [5.41, 5.74) is -0.989. The predicted molar refractivity (Wildman–Crippen MR) is 62.3 cm³/mol. The number of esters is 1. The van der Waals surface area contributed by atoms with Gasteiger partial charge in [-0.15, -0.1) is 0 Å². The number of alkyl halides is 3. The number of ether oxygens (including phenoxy) is 1. The summed E-state index contributed by atoms with van der Waals surface area (Å²) in [6, 6.07) is 3.61. The van der Waals surface area contributed by atoms with E-state index in [0.29, 0.717) is 5.69 Å². The highest BCUT2D eigenvalue weighted by atomic mass is 19.4. The lowest BCUT2D eigenvalue weighted by Crippen LogP contribution is -2.35. The first-order valence-corrected chi connectivity index (χ1v) is 5.19. The van der Waals surface area contributed by atoms with Gasteiger partial charge < -0.3 is 4.74 Å². The van der Waals surface area contributed by atoms with Crippen molar-refractivity contribution in [1.29, 1.82) is 0 Å². The molecular weight excluding hydrogens is 247 g/mol. The van der Waals surface area contributed by atoms with Gasteiger partial charge in [0.1, 0.15) is 5.69 Å². The maximum atomic E-state index is 12.9. The number of hydrogen-bond donors (Lipinski definition) is 0. The molecule has 0 unspecified atom stereocenters. The molecule has 1 aromatic carbocycles. The van der Waals surface area contributed by atoms with Crippen LogP contribution in [0.5, 0.6) is 0 Å². The van der Waals surface area contributed by atoms with E-state index in [4.69, 9.17) is 0 Å². The van der Waals surface area contributed by atoms with Gasteiger partial charge in [0.25, 0.3) is 0 Å². The molecule has 0 radical (unpaired) electrons. The quantitative estimate of drug-likeness (QED) is 0.605. The Morgan fingerprint density at radius 2 is 1.78 bits per heavy atom. The van der Waals surface area contributed by atoms with Crippen LogP contribution in [0.4, 0.5) is 18.9 Å². The fourth-order valence-electron chi connectivity index (χ4n) is 1.47. The number of nitrogens with zero attached hydrogens (tertiary/aromatic N) is 1. The van der Waals surface area contributed by atoms with Crippen molar-refractivity contribution in [3.05, 3.63) is 29.3 Å². The van der Waals surface area contributed by atoms with Crippen molar-refractivity contribution < 1.29 is 22.7 Å².